The molecular formula is C14H22N4OS. The summed E-state index contributed by atoms with van der Waals surface area (Å²) in [5.74, 6) is 0.610. The number of hydrogen-bond acceptors (Lipinski definition) is 6. The van der Waals surface area contributed by atoms with Crippen LogP contribution in [0.4, 0.5) is 0 Å². The second-order valence-corrected chi connectivity index (χ2v) is 6.56. The molecule has 3 rings (SSSR count). The van der Waals surface area contributed by atoms with E-state index in [1.54, 1.807) is 11.8 Å². The fourth-order valence-electron chi connectivity index (χ4n) is 3.12. The standard InChI is InChI=1S/C14H22N4OS/c1-17-5-12-7-18(13(8-17)10-19-9-12)6-11-3-15-14(20-2)16-4-11/h3-4,12-13H,5-10H2,1-2H3/t12-,13-/m0/s1. The van der Waals surface area contributed by atoms with Crippen molar-refractivity contribution in [2.75, 3.05) is 46.2 Å². The molecule has 0 aromatic carbocycles. The van der Waals surface area contributed by atoms with Gasteiger partial charge in [-0.15, -0.1) is 0 Å². The maximum absolute atomic E-state index is 5.81. The fourth-order valence-corrected chi connectivity index (χ4v) is 3.44. The highest BCUT2D eigenvalue weighted by Crippen LogP contribution is 2.20. The zero-order valence-electron chi connectivity index (χ0n) is 12.2. The number of ether oxygens (including phenoxy) is 1. The third kappa shape index (κ3) is 3.31. The van der Waals surface area contributed by atoms with Crippen LogP contribution >= 0.6 is 11.8 Å². The van der Waals surface area contributed by atoms with E-state index >= 15 is 0 Å². The van der Waals surface area contributed by atoms with E-state index in [1.165, 1.54) is 5.56 Å². The molecule has 2 bridgehead atoms. The first kappa shape index (κ1) is 14.3. The minimum absolute atomic E-state index is 0.479. The molecule has 2 aliphatic heterocycles. The van der Waals surface area contributed by atoms with Gasteiger partial charge in [0.25, 0.3) is 0 Å². The van der Waals surface area contributed by atoms with Gasteiger partial charge in [0.05, 0.1) is 13.2 Å². The summed E-state index contributed by atoms with van der Waals surface area (Å²) in [6.07, 6.45) is 5.91. The highest BCUT2D eigenvalue weighted by molar-refractivity contribution is 7.98. The summed E-state index contributed by atoms with van der Waals surface area (Å²) in [6.45, 7) is 5.98. The maximum atomic E-state index is 5.81. The van der Waals surface area contributed by atoms with Gasteiger partial charge in [-0.1, -0.05) is 11.8 Å². The number of fused-ring (bicyclic) bond motifs is 3. The average molecular weight is 294 g/mol. The van der Waals surface area contributed by atoms with Gasteiger partial charge in [0.1, 0.15) is 0 Å². The average Bonchev–Trinajstić information content (AvgIpc) is 2.69. The third-order valence-electron chi connectivity index (χ3n) is 4.02. The summed E-state index contributed by atoms with van der Waals surface area (Å²) in [7, 11) is 2.21. The van der Waals surface area contributed by atoms with Crippen molar-refractivity contribution in [1.82, 2.24) is 19.8 Å². The summed E-state index contributed by atoms with van der Waals surface area (Å²) in [6, 6.07) is 0.479. The second kappa shape index (κ2) is 6.39. The first-order chi connectivity index (χ1) is 9.74. The normalized spacial score (nSPS) is 28.3. The van der Waals surface area contributed by atoms with E-state index in [2.05, 4.69) is 26.8 Å². The molecule has 20 heavy (non-hydrogen) atoms. The van der Waals surface area contributed by atoms with E-state index in [9.17, 15) is 0 Å². The van der Waals surface area contributed by atoms with Crippen molar-refractivity contribution >= 4 is 11.8 Å². The molecule has 6 heteroatoms. The molecule has 0 N–H and O–H groups in total. The van der Waals surface area contributed by atoms with Gasteiger partial charge in [0.2, 0.25) is 0 Å². The minimum atomic E-state index is 0.479. The van der Waals surface area contributed by atoms with Gasteiger partial charge >= 0.3 is 0 Å². The van der Waals surface area contributed by atoms with Crippen molar-refractivity contribution < 1.29 is 4.74 Å². The highest BCUT2D eigenvalue weighted by atomic mass is 32.2. The Labute approximate surface area is 124 Å². The second-order valence-electron chi connectivity index (χ2n) is 5.79. The van der Waals surface area contributed by atoms with E-state index in [1.807, 2.05) is 18.6 Å². The maximum Gasteiger partial charge on any atom is 0.187 e. The number of nitrogens with zero attached hydrogens (tertiary/aromatic N) is 4. The van der Waals surface area contributed by atoms with Gasteiger partial charge in [-0.25, -0.2) is 9.97 Å². The Kier molecular flexibility index (Phi) is 4.55. The summed E-state index contributed by atoms with van der Waals surface area (Å²) in [5, 5.41) is 0.839. The summed E-state index contributed by atoms with van der Waals surface area (Å²) in [5.41, 5.74) is 1.19. The molecule has 0 radical (unpaired) electrons. The Morgan fingerprint density at radius 2 is 2.05 bits per heavy atom. The number of thioether (sulfide) groups is 1. The molecule has 2 aliphatic rings. The summed E-state index contributed by atoms with van der Waals surface area (Å²) >= 11 is 1.58. The van der Waals surface area contributed by atoms with E-state index in [0.717, 1.165) is 44.5 Å². The predicted octanol–water partition coefficient (Wildman–Crippen LogP) is 0.961. The smallest absolute Gasteiger partial charge is 0.187 e. The molecule has 2 fully saturated rings. The van der Waals surface area contributed by atoms with E-state index < -0.39 is 0 Å². The lowest BCUT2D eigenvalue weighted by Crippen LogP contribution is -2.42. The summed E-state index contributed by atoms with van der Waals surface area (Å²) < 4.78 is 5.81. The molecule has 1 aromatic heterocycles. The van der Waals surface area contributed by atoms with Gasteiger partial charge in [-0.3, -0.25) is 4.90 Å². The lowest BCUT2D eigenvalue weighted by molar-refractivity contribution is 0.0561. The Bertz CT molecular complexity index is 441. The minimum Gasteiger partial charge on any atom is -0.379 e. The van der Waals surface area contributed by atoms with Crippen LogP contribution in [0.1, 0.15) is 5.56 Å². The molecule has 5 nitrogen and oxygen atoms in total. The van der Waals surface area contributed by atoms with Gasteiger partial charge in [0, 0.05) is 56.1 Å². The van der Waals surface area contributed by atoms with Crippen LogP contribution in [-0.4, -0.2) is 72.0 Å². The van der Waals surface area contributed by atoms with Crippen LogP contribution in [0.2, 0.25) is 0 Å². The van der Waals surface area contributed by atoms with E-state index in [4.69, 9.17) is 4.74 Å². The Balaban J connectivity index is 1.71. The van der Waals surface area contributed by atoms with Crippen LogP contribution < -0.4 is 0 Å². The van der Waals surface area contributed by atoms with Crippen LogP contribution in [0.3, 0.4) is 0 Å². The first-order valence-electron chi connectivity index (χ1n) is 7.10. The zero-order valence-corrected chi connectivity index (χ0v) is 13.0. The van der Waals surface area contributed by atoms with Crippen LogP contribution in [0.5, 0.6) is 0 Å². The van der Waals surface area contributed by atoms with Crippen molar-refractivity contribution in [3.05, 3.63) is 18.0 Å². The van der Waals surface area contributed by atoms with Crippen LogP contribution in [0, 0.1) is 5.92 Å². The molecule has 0 unspecified atom stereocenters. The lowest BCUT2D eigenvalue weighted by Gasteiger charge is -2.29. The lowest BCUT2D eigenvalue weighted by atomic mass is 10.1. The molecule has 0 aliphatic carbocycles. The first-order valence-corrected chi connectivity index (χ1v) is 8.32. The van der Waals surface area contributed by atoms with Crippen LogP contribution in [-0.2, 0) is 11.3 Å². The summed E-state index contributed by atoms with van der Waals surface area (Å²) in [4.78, 5) is 13.7. The van der Waals surface area contributed by atoms with Gasteiger partial charge in [-0.2, -0.15) is 0 Å². The Morgan fingerprint density at radius 3 is 2.80 bits per heavy atom. The highest BCUT2D eigenvalue weighted by Gasteiger charge is 2.31. The number of hydrogen-bond donors (Lipinski definition) is 0. The Morgan fingerprint density at radius 1 is 1.25 bits per heavy atom. The van der Waals surface area contributed by atoms with Crippen molar-refractivity contribution in [2.45, 2.75) is 17.7 Å². The molecule has 2 atom stereocenters. The van der Waals surface area contributed by atoms with Crippen LogP contribution in [0.15, 0.2) is 17.6 Å². The monoisotopic (exact) mass is 294 g/mol. The van der Waals surface area contributed by atoms with E-state index in [-0.39, 0.29) is 0 Å². The topological polar surface area (TPSA) is 41.5 Å². The fraction of sp³-hybridized carbons (Fsp3) is 0.714. The van der Waals surface area contributed by atoms with E-state index in [0.29, 0.717) is 12.0 Å². The Hall–Kier alpha value is -0.690. The quantitative estimate of drug-likeness (QED) is 0.611. The molecule has 0 amide bonds. The largest absolute Gasteiger partial charge is 0.379 e. The van der Waals surface area contributed by atoms with Crippen molar-refractivity contribution in [1.29, 1.82) is 0 Å². The molecule has 110 valence electrons. The van der Waals surface area contributed by atoms with Crippen LogP contribution in [0.25, 0.3) is 0 Å². The number of aromatic nitrogens is 2. The molecule has 3 heterocycles. The number of likely N-dealkylation sites (N-methyl/N-ethyl adjacent to an activating group) is 1. The predicted molar refractivity (Wildman–Crippen MR) is 79.8 cm³/mol. The SMILES string of the molecule is CSc1ncc(CN2C[C@H]3COC[C@@H]2CN(C)C3)cn1. The molecular weight excluding hydrogens is 272 g/mol. The van der Waals surface area contributed by atoms with Crippen molar-refractivity contribution in [3.63, 3.8) is 0 Å². The van der Waals surface area contributed by atoms with Gasteiger partial charge in [-0.05, 0) is 13.3 Å². The molecule has 0 spiro atoms. The zero-order chi connectivity index (χ0) is 13.9. The molecule has 0 saturated carbocycles. The van der Waals surface area contributed by atoms with Gasteiger partial charge < -0.3 is 9.64 Å². The van der Waals surface area contributed by atoms with Gasteiger partial charge in [0.15, 0.2) is 5.16 Å². The molecule has 2 saturated heterocycles. The van der Waals surface area contributed by atoms with Crippen molar-refractivity contribution in [2.24, 2.45) is 5.92 Å². The van der Waals surface area contributed by atoms with Crippen molar-refractivity contribution in [3.8, 4) is 0 Å². The molecule has 1 aromatic rings. The number of rotatable bonds is 3. The third-order valence-corrected chi connectivity index (χ3v) is 4.59.